The summed E-state index contributed by atoms with van der Waals surface area (Å²) in [6.45, 7) is 0. The Morgan fingerprint density at radius 3 is 2.75 bits per heavy atom. The summed E-state index contributed by atoms with van der Waals surface area (Å²) in [6.07, 6.45) is 1.50. The third kappa shape index (κ3) is 2.95. The number of phenols is 1. The smallest absolute Gasteiger partial charge is 0.248 e. The van der Waals surface area contributed by atoms with Gasteiger partial charge < -0.3 is 15.6 Å². The number of ether oxygens (including phenoxy) is 1. The van der Waals surface area contributed by atoms with Gasteiger partial charge in [0.15, 0.2) is 11.5 Å². The number of phenolic OH excluding ortho intramolecular Hbond substituents is 1. The molecule has 2 aromatic rings. The van der Waals surface area contributed by atoms with Crippen LogP contribution < -0.4 is 10.5 Å². The SMILES string of the molecule is COc1cccc(C=Nc2cccc(C(N)=O)c2)c1O. The summed E-state index contributed by atoms with van der Waals surface area (Å²) in [5, 5.41) is 9.92. The monoisotopic (exact) mass is 270 g/mol. The Labute approximate surface area is 116 Å². The van der Waals surface area contributed by atoms with Crippen molar-refractivity contribution >= 4 is 17.8 Å². The van der Waals surface area contributed by atoms with Crippen molar-refractivity contribution in [3.8, 4) is 11.5 Å². The minimum atomic E-state index is -0.508. The van der Waals surface area contributed by atoms with Crippen LogP contribution in [-0.2, 0) is 0 Å². The first-order chi connectivity index (χ1) is 9.61. The average Bonchev–Trinajstić information content (AvgIpc) is 2.46. The third-order valence-electron chi connectivity index (χ3n) is 2.73. The van der Waals surface area contributed by atoms with E-state index in [4.69, 9.17) is 10.5 Å². The molecule has 20 heavy (non-hydrogen) atoms. The molecule has 5 nitrogen and oxygen atoms in total. The summed E-state index contributed by atoms with van der Waals surface area (Å²) < 4.78 is 5.02. The van der Waals surface area contributed by atoms with Gasteiger partial charge >= 0.3 is 0 Å². The van der Waals surface area contributed by atoms with Crippen LogP contribution in [0.15, 0.2) is 47.5 Å². The minimum Gasteiger partial charge on any atom is -0.504 e. The molecule has 0 saturated heterocycles. The molecule has 0 unspecified atom stereocenters. The highest BCUT2D eigenvalue weighted by atomic mass is 16.5. The van der Waals surface area contributed by atoms with Gasteiger partial charge in [-0.15, -0.1) is 0 Å². The first-order valence-electron chi connectivity index (χ1n) is 5.91. The van der Waals surface area contributed by atoms with Crippen LogP contribution >= 0.6 is 0 Å². The second-order valence-corrected chi connectivity index (χ2v) is 4.07. The molecule has 0 aromatic heterocycles. The highest BCUT2D eigenvalue weighted by Crippen LogP contribution is 2.28. The lowest BCUT2D eigenvalue weighted by atomic mass is 10.2. The molecule has 2 rings (SSSR count). The number of amides is 1. The number of aromatic hydroxyl groups is 1. The lowest BCUT2D eigenvalue weighted by Gasteiger charge is -2.04. The van der Waals surface area contributed by atoms with E-state index in [1.54, 1.807) is 42.5 Å². The van der Waals surface area contributed by atoms with Crippen molar-refractivity contribution in [2.24, 2.45) is 10.7 Å². The van der Waals surface area contributed by atoms with E-state index in [1.807, 2.05) is 0 Å². The maximum atomic E-state index is 11.1. The highest BCUT2D eigenvalue weighted by molar-refractivity contribution is 5.94. The number of hydrogen-bond donors (Lipinski definition) is 2. The van der Waals surface area contributed by atoms with E-state index in [1.165, 1.54) is 13.3 Å². The Morgan fingerprint density at radius 1 is 1.30 bits per heavy atom. The fraction of sp³-hybridized carbons (Fsp3) is 0.0667. The maximum absolute atomic E-state index is 11.1. The van der Waals surface area contributed by atoms with Gasteiger partial charge in [0.05, 0.1) is 12.8 Å². The molecule has 0 saturated carbocycles. The maximum Gasteiger partial charge on any atom is 0.248 e. The summed E-state index contributed by atoms with van der Waals surface area (Å²) in [6, 6.07) is 11.7. The molecule has 1 amide bonds. The van der Waals surface area contributed by atoms with Gasteiger partial charge in [-0.1, -0.05) is 12.1 Å². The zero-order chi connectivity index (χ0) is 14.5. The summed E-state index contributed by atoms with van der Waals surface area (Å²) >= 11 is 0. The third-order valence-corrected chi connectivity index (χ3v) is 2.73. The van der Waals surface area contributed by atoms with E-state index in [-0.39, 0.29) is 5.75 Å². The fourth-order valence-corrected chi connectivity index (χ4v) is 1.69. The number of rotatable bonds is 4. The number of nitrogens with two attached hydrogens (primary N) is 1. The number of aliphatic imine (C=N–C) groups is 1. The van der Waals surface area contributed by atoms with E-state index in [0.29, 0.717) is 22.6 Å². The zero-order valence-electron chi connectivity index (χ0n) is 10.9. The Morgan fingerprint density at radius 2 is 2.05 bits per heavy atom. The first kappa shape index (κ1) is 13.6. The van der Waals surface area contributed by atoms with Gasteiger partial charge in [-0.3, -0.25) is 9.79 Å². The van der Waals surface area contributed by atoms with Gasteiger partial charge in [0.1, 0.15) is 0 Å². The summed E-state index contributed by atoms with van der Waals surface area (Å²) in [5.41, 5.74) is 6.68. The molecule has 5 heteroatoms. The van der Waals surface area contributed by atoms with E-state index in [2.05, 4.69) is 4.99 Å². The van der Waals surface area contributed by atoms with E-state index in [0.717, 1.165) is 0 Å². The van der Waals surface area contributed by atoms with Gasteiger partial charge in [-0.25, -0.2) is 0 Å². The van der Waals surface area contributed by atoms with Crippen molar-refractivity contribution < 1.29 is 14.6 Å². The van der Waals surface area contributed by atoms with Crippen LogP contribution in [-0.4, -0.2) is 24.3 Å². The molecule has 0 fully saturated rings. The number of carbonyl (C=O) groups excluding carboxylic acids is 1. The van der Waals surface area contributed by atoms with Crippen LogP contribution in [0.2, 0.25) is 0 Å². The Hall–Kier alpha value is -2.82. The normalized spacial score (nSPS) is 10.7. The molecule has 0 aliphatic rings. The quantitative estimate of drug-likeness (QED) is 0.835. The van der Waals surface area contributed by atoms with Crippen LogP contribution in [0.1, 0.15) is 15.9 Å². The molecule has 0 aliphatic heterocycles. The van der Waals surface area contributed by atoms with Crippen molar-refractivity contribution in [2.45, 2.75) is 0 Å². The Kier molecular flexibility index (Phi) is 4.00. The van der Waals surface area contributed by atoms with Crippen molar-refractivity contribution in [1.82, 2.24) is 0 Å². The van der Waals surface area contributed by atoms with Gasteiger partial charge in [0, 0.05) is 17.3 Å². The number of nitrogens with zero attached hydrogens (tertiary/aromatic N) is 1. The largest absolute Gasteiger partial charge is 0.504 e. The van der Waals surface area contributed by atoms with Crippen molar-refractivity contribution in [1.29, 1.82) is 0 Å². The number of hydrogen-bond acceptors (Lipinski definition) is 4. The summed E-state index contributed by atoms with van der Waals surface area (Å²) in [4.78, 5) is 15.3. The van der Waals surface area contributed by atoms with Crippen molar-refractivity contribution in [3.05, 3.63) is 53.6 Å². The molecular formula is C15H14N2O3. The number of carbonyl (C=O) groups is 1. The van der Waals surface area contributed by atoms with E-state index in [9.17, 15) is 9.90 Å². The molecule has 3 N–H and O–H groups in total. The van der Waals surface area contributed by atoms with Crippen LogP contribution in [0.5, 0.6) is 11.5 Å². The topological polar surface area (TPSA) is 84.9 Å². The predicted octanol–water partition coefficient (Wildman–Crippen LogP) is 2.25. The second-order valence-electron chi connectivity index (χ2n) is 4.07. The number of methoxy groups -OCH3 is 1. The van der Waals surface area contributed by atoms with Crippen LogP contribution in [0.4, 0.5) is 5.69 Å². The molecular weight excluding hydrogens is 256 g/mol. The number of primary amides is 1. The number of para-hydroxylation sites is 1. The molecule has 0 heterocycles. The van der Waals surface area contributed by atoms with Crippen molar-refractivity contribution in [3.63, 3.8) is 0 Å². The van der Waals surface area contributed by atoms with Gasteiger partial charge in [-0.05, 0) is 30.3 Å². The predicted molar refractivity (Wildman–Crippen MR) is 76.9 cm³/mol. The average molecular weight is 270 g/mol. The lowest BCUT2D eigenvalue weighted by Crippen LogP contribution is -2.10. The standard InChI is InChI=1S/C15H14N2O3/c1-20-13-7-3-5-11(14(13)18)9-17-12-6-2-4-10(8-12)15(16)19/h2-9,18H,1H3,(H2,16,19). The first-order valence-corrected chi connectivity index (χ1v) is 5.91. The number of benzene rings is 2. The molecule has 0 atom stereocenters. The molecule has 2 aromatic carbocycles. The van der Waals surface area contributed by atoms with Crippen molar-refractivity contribution in [2.75, 3.05) is 7.11 Å². The molecule has 0 radical (unpaired) electrons. The highest BCUT2D eigenvalue weighted by Gasteiger charge is 2.05. The molecule has 0 aliphatic carbocycles. The lowest BCUT2D eigenvalue weighted by molar-refractivity contribution is 0.100. The summed E-state index contributed by atoms with van der Waals surface area (Å²) in [7, 11) is 1.48. The molecule has 102 valence electrons. The van der Waals surface area contributed by atoms with Gasteiger partial charge in [0.2, 0.25) is 5.91 Å². The Bertz CT molecular complexity index is 666. The van der Waals surface area contributed by atoms with Crippen LogP contribution in [0.25, 0.3) is 0 Å². The molecule has 0 spiro atoms. The van der Waals surface area contributed by atoms with Gasteiger partial charge in [0.25, 0.3) is 0 Å². The minimum absolute atomic E-state index is 0.0183. The Balaban J connectivity index is 2.30. The van der Waals surface area contributed by atoms with E-state index >= 15 is 0 Å². The molecule has 0 bridgehead atoms. The fourth-order valence-electron chi connectivity index (χ4n) is 1.69. The van der Waals surface area contributed by atoms with Crippen LogP contribution in [0.3, 0.4) is 0 Å². The summed E-state index contributed by atoms with van der Waals surface area (Å²) in [5.74, 6) is -0.115. The zero-order valence-corrected chi connectivity index (χ0v) is 10.9. The van der Waals surface area contributed by atoms with Crippen LogP contribution in [0, 0.1) is 0 Å². The van der Waals surface area contributed by atoms with Gasteiger partial charge in [-0.2, -0.15) is 0 Å². The van der Waals surface area contributed by atoms with E-state index < -0.39 is 5.91 Å². The second kappa shape index (κ2) is 5.88.